The van der Waals surface area contributed by atoms with Gasteiger partial charge in [-0.2, -0.15) is 5.10 Å². The second-order valence-electron chi connectivity index (χ2n) is 5.74. The first-order valence-electron chi connectivity index (χ1n) is 7.93. The molecule has 1 fully saturated rings. The van der Waals surface area contributed by atoms with Gasteiger partial charge in [0.25, 0.3) is 5.91 Å². The van der Waals surface area contributed by atoms with Gasteiger partial charge in [0.2, 0.25) is 0 Å². The van der Waals surface area contributed by atoms with Crippen molar-refractivity contribution in [1.29, 1.82) is 0 Å². The Labute approximate surface area is 136 Å². The Bertz CT molecular complexity index is 683. The largest absolute Gasteiger partial charge is 0.494 e. The summed E-state index contributed by atoms with van der Waals surface area (Å²) in [5, 5.41) is 7.30. The Morgan fingerprint density at radius 1 is 1.48 bits per heavy atom. The van der Waals surface area contributed by atoms with Crippen molar-refractivity contribution in [3.63, 3.8) is 0 Å². The third-order valence-corrected chi connectivity index (χ3v) is 3.99. The van der Waals surface area contributed by atoms with E-state index >= 15 is 0 Å². The summed E-state index contributed by atoms with van der Waals surface area (Å²) in [5.74, 6) is 0.674. The molecule has 1 aliphatic heterocycles. The number of aryl methyl sites for hydroxylation is 1. The van der Waals surface area contributed by atoms with Crippen molar-refractivity contribution < 1.29 is 9.53 Å². The van der Waals surface area contributed by atoms with Crippen molar-refractivity contribution in [3.05, 3.63) is 42.2 Å². The molecule has 0 bridgehead atoms. The molecule has 0 radical (unpaired) electrons. The fraction of sp³-hybridized carbons (Fsp3) is 0.412. The number of ether oxygens (including phenoxy) is 1. The second-order valence-corrected chi connectivity index (χ2v) is 5.74. The van der Waals surface area contributed by atoms with Crippen LogP contribution in [0.15, 0.2) is 36.7 Å². The van der Waals surface area contributed by atoms with E-state index in [1.165, 1.54) is 0 Å². The fourth-order valence-corrected chi connectivity index (χ4v) is 2.85. The fourth-order valence-electron chi connectivity index (χ4n) is 2.85. The Balaban J connectivity index is 1.59. The normalized spacial score (nSPS) is 17.3. The lowest BCUT2D eigenvalue weighted by Gasteiger charge is -2.17. The van der Waals surface area contributed by atoms with Crippen molar-refractivity contribution in [2.75, 3.05) is 24.6 Å². The van der Waals surface area contributed by atoms with Gasteiger partial charge in [0, 0.05) is 37.9 Å². The van der Waals surface area contributed by atoms with E-state index in [1.807, 2.05) is 44.6 Å². The van der Waals surface area contributed by atoms with Crippen LogP contribution in [0, 0.1) is 0 Å². The molecule has 1 aromatic heterocycles. The average Bonchev–Trinajstić information content (AvgIpc) is 3.17. The molecule has 1 saturated heterocycles. The molecule has 1 atom stereocenters. The van der Waals surface area contributed by atoms with Gasteiger partial charge in [-0.25, -0.2) is 0 Å². The van der Waals surface area contributed by atoms with E-state index in [4.69, 9.17) is 4.74 Å². The summed E-state index contributed by atoms with van der Waals surface area (Å²) in [4.78, 5) is 14.6. The monoisotopic (exact) mass is 314 g/mol. The SMILES string of the molecule is CCOc1cccc(C(=O)N[C@@H]2CCN(c3cnn(C)c3)C2)c1. The lowest BCUT2D eigenvalue weighted by atomic mass is 10.1. The summed E-state index contributed by atoms with van der Waals surface area (Å²) >= 11 is 0. The number of aromatic nitrogens is 2. The maximum atomic E-state index is 12.4. The molecule has 122 valence electrons. The zero-order chi connectivity index (χ0) is 16.2. The molecule has 3 rings (SSSR count). The second kappa shape index (κ2) is 6.73. The van der Waals surface area contributed by atoms with Gasteiger partial charge < -0.3 is 15.0 Å². The van der Waals surface area contributed by atoms with Crippen LogP contribution in [0.4, 0.5) is 5.69 Å². The molecule has 0 saturated carbocycles. The Hall–Kier alpha value is -2.50. The van der Waals surface area contributed by atoms with Crippen molar-refractivity contribution in [1.82, 2.24) is 15.1 Å². The Kier molecular flexibility index (Phi) is 4.50. The van der Waals surface area contributed by atoms with Crippen LogP contribution in [0.2, 0.25) is 0 Å². The van der Waals surface area contributed by atoms with Gasteiger partial charge in [0.05, 0.1) is 18.5 Å². The first-order valence-corrected chi connectivity index (χ1v) is 7.93. The summed E-state index contributed by atoms with van der Waals surface area (Å²) in [5.41, 5.74) is 1.73. The van der Waals surface area contributed by atoms with Crippen molar-refractivity contribution >= 4 is 11.6 Å². The highest BCUT2D eigenvalue weighted by Gasteiger charge is 2.25. The lowest BCUT2D eigenvalue weighted by molar-refractivity contribution is 0.0940. The van der Waals surface area contributed by atoms with E-state index in [0.717, 1.165) is 30.9 Å². The highest BCUT2D eigenvalue weighted by molar-refractivity contribution is 5.94. The molecule has 6 nitrogen and oxygen atoms in total. The number of nitrogens with zero attached hydrogens (tertiary/aromatic N) is 3. The summed E-state index contributed by atoms with van der Waals surface area (Å²) in [6.07, 6.45) is 4.79. The van der Waals surface area contributed by atoms with Crippen LogP contribution in [-0.2, 0) is 7.05 Å². The van der Waals surface area contributed by atoms with Crippen LogP contribution in [0.1, 0.15) is 23.7 Å². The smallest absolute Gasteiger partial charge is 0.251 e. The molecule has 0 unspecified atom stereocenters. The molecular weight excluding hydrogens is 292 g/mol. The molecule has 23 heavy (non-hydrogen) atoms. The molecule has 1 aliphatic rings. The summed E-state index contributed by atoms with van der Waals surface area (Å²) in [6.45, 7) is 4.25. The quantitative estimate of drug-likeness (QED) is 0.915. The van der Waals surface area contributed by atoms with E-state index in [9.17, 15) is 4.79 Å². The zero-order valence-electron chi connectivity index (χ0n) is 13.5. The number of rotatable bonds is 5. The summed E-state index contributed by atoms with van der Waals surface area (Å²) in [7, 11) is 1.91. The van der Waals surface area contributed by atoms with Crippen molar-refractivity contribution in [2.45, 2.75) is 19.4 Å². The standard InChI is InChI=1S/C17H22N4O2/c1-3-23-16-6-4-5-13(9-16)17(22)19-14-7-8-21(11-14)15-10-18-20(2)12-15/h4-6,9-10,12,14H,3,7-8,11H2,1-2H3,(H,19,22)/t14-/m1/s1. The number of anilines is 1. The number of carbonyl (C=O) groups excluding carboxylic acids is 1. The minimum atomic E-state index is -0.0513. The van der Waals surface area contributed by atoms with E-state index in [0.29, 0.717) is 12.2 Å². The van der Waals surface area contributed by atoms with Gasteiger partial charge >= 0.3 is 0 Å². The number of hydrogen-bond acceptors (Lipinski definition) is 4. The molecule has 2 heterocycles. The van der Waals surface area contributed by atoms with Crippen LogP contribution in [0.25, 0.3) is 0 Å². The third-order valence-electron chi connectivity index (χ3n) is 3.99. The molecule has 0 aliphatic carbocycles. The number of benzene rings is 1. The molecule has 1 aromatic carbocycles. The zero-order valence-corrected chi connectivity index (χ0v) is 13.5. The minimum Gasteiger partial charge on any atom is -0.494 e. The first kappa shape index (κ1) is 15.4. The van der Waals surface area contributed by atoms with Crippen molar-refractivity contribution in [3.8, 4) is 5.75 Å². The van der Waals surface area contributed by atoms with Crippen LogP contribution in [0.5, 0.6) is 5.75 Å². The van der Waals surface area contributed by atoms with Crippen LogP contribution in [-0.4, -0.2) is 41.4 Å². The van der Waals surface area contributed by atoms with Crippen LogP contribution in [0.3, 0.4) is 0 Å². The molecular formula is C17H22N4O2. The van der Waals surface area contributed by atoms with E-state index < -0.39 is 0 Å². The summed E-state index contributed by atoms with van der Waals surface area (Å²) < 4.78 is 7.24. The van der Waals surface area contributed by atoms with Gasteiger partial charge in [-0.05, 0) is 31.5 Å². The van der Waals surface area contributed by atoms with Crippen molar-refractivity contribution in [2.24, 2.45) is 7.05 Å². The molecule has 2 aromatic rings. The van der Waals surface area contributed by atoms with Gasteiger partial charge in [-0.3, -0.25) is 9.48 Å². The predicted octanol–water partition coefficient (Wildman–Crippen LogP) is 1.83. The van der Waals surface area contributed by atoms with E-state index in [1.54, 1.807) is 10.7 Å². The number of amides is 1. The first-order chi connectivity index (χ1) is 11.2. The minimum absolute atomic E-state index is 0.0513. The summed E-state index contributed by atoms with van der Waals surface area (Å²) in [6, 6.07) is 7.45. The van der Waals surface area contributed by atoms with E-state index in [-0.39, 0.29) is 11.9 Å². The van der Waals surface area contributed by atoms with E-state index in [2.05, 4.69) is 15.3 Å². The predicted molar refractivity (Wildman–Crippen MR) is 88.9 cm³/mol. The Morgan fingerprint density at radius 2 is 2.35 bits per heavy atom. The van der Waals surface area contributed by atoms with Crippen LogP contribution < -0.4 is 15.0 Å². The number of carbonyl (C=O) groups is 1. The Morgan fingerprint density at radius 3 is 3.09 bits per heavy atom. The molecule has 1 amide bonds. The van der Waals surface area contributed by atoms with Gasteiger partial charge in [-0.1, -0.05) is 6.07 Å². The lowest BCUT2D eigenvalue weighted by Crippen LogP contribution is -2.37. The molecule has 6 heteroatoms. The number of hydrogen-bond donors (Lipinski definition) is 1. The van der Waals surface area contributed by atoms with Gasteiger partial charge in [0.1, 0.15) is 5.75 Å². The topological polar surface area (TPSA) is 59.4 Å². The average molecular weight is 314 g/mol. The maximum Gasteiger partial charge on any atom is 0.251 e. The molecule has 1 N–H and O–H groups in total. The maximum absolute atomic E-state index is 12.4. The highest BCUT2D eigenvalue weighted by atomic mass is 16.5. The van der Waals surface area contributed by atoms with Gasteiger partial charge in [-0.15, -0.1) is 0 Å². The number of nitrogens with one attached hydrogen (secondary N) is 1. The third kappa shape index (κ3) is 3.64. The van der Waals surface area contributed by atoms with Gasteiger partial charge in [0.15, 0.2) is 0 Å². The van der Waals surface area contributed by atoms with Crippen LogP contribution >= 0.6 is 0 Å². The highest BCUT2D eigenvalue weighted by Crippen LogP contribution is 2.20. The molecule has 0 spiro atoms.